The van der Waals surface area contributed by atoms with Crippen molar-refractivity contribution in [2.75, 3.05) is 6.54 Å². The van der Waals surface area contributed by atoms with Crippen LogP contribution >= 0.6 is 0 Å². The van der Waals surface area contributed by atoms with Gasteiger partial charge in [0.05, 0.1) is 17.7 Å². The Labute approximate surface area is 146 Å². The van der Waals surface area contributed by atoms with Crippen LogP contribution in [0.25, 0.3) is 11.3 Å². The average molecular weight is 347 g/mol. The van der Waals surface area contributed by atoms with Crippen LogP contribution in [0.2, 0.25) is 0 Å². The molecule has 1 unspecified atom stereocenters. The van der Waals surface area contributed by atoms with Crippen molar-refractivity contribution in [3.63, 3.8) is 0 Å². The summed E-state index contributed by atoms with van der Waals surface area (Å²) >= 11 is 0. The smallest absolute Gasteiger partial charge is 0.308 e. The molecule has 0 fully saturated rings. The first kappa shape index (κ1) is 18.7. The van der Waals surface area contributed by atoms with E-state index in [1.54, 1.807) is 28.8 Å². The maximum absolute atomic E-state index is 12.6. The highest BCUT2D eigenvalue weighted by Gasteiger charge is 2.22. The highest BCUT2D eigenvalue weighted by atomic mass is 16.4. The van der Waals surface area contributed by atoms with Gasteiger partial charge in [-0.15, -0.1) is 0 Å². The summed E-state index contributed by atoms with van der Waals surface area (Å²) in [5.74, 6) is -1.59. The number of amides is 1. The van der Waals surface area contributed by atoms with Crippen LogP contribution in [0.3, 0.4) is 0 Å². The van der Waals surface area contributed by atoms with Gasteiger partial charge in [-0.1, -0.05) is 13.8 Å². The molecule has 8 heteroatoms. The van der Waals surface area contributed by atoms with Gasteiger partial charge in [0, 0.05) is 38.1 Å². The van der Waals surface area contributed by atoms with E-state index in [1.807, 2.05) is 27.0 Å². The second-order valence-corrected chi connectivity index (χ2v) is 6.52. The van der Waals surface area contributed by atoms with Gasteiger partial charge in [0.1, 0.15) is 5.69 Å². The molecule has 0 aliphatic rings. The standard InChI is InChI=1S/C17H25N5O3/c1-5-22-9-13(8-19-22)15-14(10-21(4)20-15)16(23)18-7-12(17(24)25)6-11(2)3/h8-12H,5-7H2,1-4H3,(H,18,23)(H,24,25). The van der Waals surface area contributed by atoms with Crippen LogP contribution in [-0.4, -0.2) is 43.1 Å². The molecule has 0 saturated carbocycles. The molecule has 8 nitrogen and oxygen atoms in total. The quantitative estimate of drug-likeness (QED) is 0.758. The maximum atomic E-state index is 12.6. The summed E-state index contributed by atoms with van der Waals surface area (Å²) in [5, 5.41) is 20.6. The molecular weight excluding hydrogens is 322 g/mol. The van der Waals surface area contributed by atoms with Crippen molar-refractivity contribution < 1.29 is 14.7 Å². The van der Waals surface area contributed by atoms with E-state index < -0.39 is 11.9 Å². The lowest BCUT2D eigenvalue weighted by atomic mass is 9.97. The van der Waals surface area contributed by atoms with Crippen LogP contribution in [-0.2, 0) is 18.4 Å². The molecule has 2 rings (SSSR count). The summed E-state index contributed by atoms with van der Waals surface area (Å²) in [6, 6.07) is 0. The Morgan fingerprint density at radius 2 is 2.04 bits per heavy atom. The third kappa shape index (κ3) is 4.68. The second-order valence-electron chi connectivity index (χ2n) is 6.52. The minimum absolute atomic E-state index is 0.0922. The van der Waals surface area contributed by atoms with E-state index in [1.165, 1.54) is 0 Å². The van der Waals surface area contributed by atoms with Gasteiger partial charge < -0.3 is 10.4 Å². The molecular formula is C17H25N5O3. The molecule has 136 valence electrons. The fourth-order valence-corrected chi connectivity index (χ4v) is 2.68. The number of aromatic nitrogens is 4. The van der Waals surface area contributed by atoms with E-state index >= 15 is 0 Å². The number of hydrogen-bond acceptors (Lipinski definition) is 4. The van der Waals surface area contributed by atoms with Crippen molar-refractivity contribution in [1.29, 1.82) is 0 Å². The zero-order chi connectivity index (χ0) is 18.6. The number of carboxylic acids is 1. The summed E-state index contributed by atoms with van der Waals surface area (Å²) in [6.07, 6.45) is 5.64. The number of hydrogen-bond donors (Lipinski definition) is 2. The number of carbonyl (C=O) groups is 2. The molecule has 0 bridgehead atoms. The third-order valence-corrected chi connectivity index (χ3v) is 3.92. The Morgan fingerprint density at radius 3 is 2.60 bits per heavy atom. The van der Waals surface area contributed by atoms with Crippen LogP contribution < -0.4 is 5.32 Å². The van der Waals surface area contributed by atoms with E-state index in [-0.39, 0.29) is 18.4 Å². The van der Waals surface area contributed by atoms with E-state index in [0.717, 1.165) is 12.1 Å². The van der Waals surface area contributed by atoms with Crippen LogP contribution in [0.1, 0.15) is 37.6 Å². The van der Waals surface area contributed by atoms with Gasteiger partial charge in [-0.25, -0.2) is 0 Å². The molecule has 0 aliphatic carbocycles. The van der Waals surface area contributed by atoms with E-state index in [4.69, 9.17) is 0 Å². The molecule has 0 radical (unpaired) electrons. The van der Waals surface area contributed by atoms with E-state index in [0.29, 0.717) is 17.7 Å². The highest BCUT2D eigenvalue weighted by Crippen LogP contribution is 2.21. The molecule has 25 heavy (non-hydrogen) atoms. The fourth-order valence-electron chi connectivity index (χ4n) is 2.68. The number of rotatable bonds is 8. The van der Waals surface area contributed by atoms with Crippen molar-refractivity contribution in [2.24, 2.45) is 18.9 Å². The Balaban J connectivity index is 2.15. The Bertz CT molecular complexity index is 747. The molecule has 0 aliphatic heterocycles. The summed E-state index contributed by atoms with van der Waals surface area (Å²) < 4.78 is 3.32. The van der Waals surface area contributed by atoms with Crippen molar-refractivity contribution in [2.45, 2.75) is 33.7 Å². The lowest BCUT2D eigenvalue weighted by Crippen LogP contribution is -2.33. The second kappa shape index (κ2) is 7.96. The summed E-state index contributed by atoms with van der Waals surface area (Å²) in [6.45, 7) is 6.72. The van der Waals surface area contributed by atoms with Gasteiger partial charge in [-0.2, -0.15) is 10.2 Å². The number of aliphatic carboxylic acids is 1. The predicted molar refractivity (Wildman–Crippen MR) is 93.0 cm³/mol. The van der Waals surface area contributed by atoms with Crippen LogP contribution in [0, 0.1) is 11.8 Å². The monoisotopic (exact) mass is 347 g/mol. The molecule has 2 aromatic rings. The van der Waals surface area contributed by atoms with Gasteiger partial charge in [0.15, 0.2) is 0 Å². The molecule has 1 amide bonds. The molecule has 2 N–H and O–H groups in total. The lowest BCUT2D eigenvalue weighted by Gasteiger charge is -2.15. The molecule has 0 saturated heterocycles. The van der Waals surface area contributed by atoms with Gasteiger partial charge in [0.2, 0.25) is 0 Å². The van der Waals surface area contributed by atoms with Gasteiger partial charge in [-0.3, -0.25) is 19.0 Å². The topological polar surface area (TPSA) is 102 Å². The molecule has 0 aromatic carbocycles. The fraction of sp³-hybridized carbons (Fsp3) is 0.529. The summed E-state index contributed by atoms with van der Waals surface area (Å²) in [5.41, 5.74) is 1.70. The first-order valence-electron chi connectivity index (χ1n) is 8.39. The average Bonchev–Trinajstić information content (AvgIpc) is 3.16. The first-order valence-corrected chi connectivity index (χ1v) is 8.39. The zero-order valence-electron chi connectivity index (χ0n) is 15.1. The summed E-state index contributed by atoms with van der Waals surface area (Å²) in [4.78, 5) is 23.9. The molecule has 2 aromatic heterocycles. The highest BCUT2D eigenvalue weighted by molar-refractivity contribution is 5.99. The van der Waals surface area contributed by atoms with Crippen LogP contribution in [0.4, 0.5) is 0 Å². The minimum Gasteiger partial charge on any atom is -0.481 e. The normalized spacial score (nSPS) is 12.4. The number of nitrogens with zero attached hydrogens (tertiary/aromatic N) is 4. The van der Waals surface area contributed by atoms with Crippen LogP contribution in [0.15, 0.2) is 18.6 Å². The molecule has 1 atom stereocenters. The Kier molecular flexibility index (Phi) is 5.95. The minimum atomic E-state index is -0.898. The number of carbonyl (C=O) groups excluding carboxylic acids is 1. The van der Waals surface area contributed by atoms with E-state index in [2.05, 4.69) is 15.5 Å². The maximum Gasteiger partial charge on any atom is 0.308 e. The first-order chi connectivity index (χ1) is 11.8. The number of carboxylic acid groups (broad SMARTS) is 1. The third-order valence-electron chi connectivity index (χ3n) is 3.92. The van der Waals surface area contributed by atoms with Crippen molar-refractivity contribution in [3.8, 4) is 11.3 Å². The Morgan fingerprint density at radius 1 is 1.32 bits per heavy atom. The largest absolute Gasteiger partial charge is 0.481 e. The van der Waals surface area contributed by atoms with Crippen molar-refractivity contribution >= 4 is 11.9 Å². The Hall–Kier alpha value is -2.64. The molecule has 0 spiro atoms. The number of nitrogens with one attached hydrogen (secondary N) is 1. The van der Waals surface area contributed by atoms with E-state index in [9.17, 15) is 14.7 Å². The molecule has 2 heterocycles. The van der Waals surface area contributed by atoms with Crippen LogP contribution in [0.5, 0.6) is 0 Å². The van der Waals surface area contributed by atoms with Gasteiger partial charge in [0.25, 0.3) is 5.91 Å². The summed E-state index contributed by atoms with van der Waals surface area (Å²) in [7, 11) is 1.74. The SMILES string of the molecule is CCn1cc(-c2nn(C)cc2C(=O)NCC(CC(C)C)C(=O)O)cn1. The van der Waals surface area contributed by atoms with Crippen molar-refractivity contribution in [3.05, 3.63) is 24.2 Å². The number of aryl methyl sites for hydroxylation is 2. The van der Waals surface area contributed by atoms with Gasteiger partial charge >= 0.3 is 5.97 Å². The lowest BCUT2D eigenvalue weighted by molar-refractivity contribution is -0.142. The predicted octanol–water partition coefficient (Wildman–Crippen LogP) is 1.78. The van der Waals surface area contributed by atoms with Crippen molar-refractivity contribution in [1.82, 2.24) is 24.9 Å². The van der Waals surface area contributed by atoms with Gasteiger partial charge in [-0.05, 0) is 19.3 Å². The zero-order valence-corrected chi connectivity index (χ0v) is 15.1.